The summed E-state index contributed by atoms with van der Waals surface area (Å²) in [5.41, 5.74) is 4.78. The molecule has 1 aromatic heterocycles. The first-order chi connectivity index (χ1) is 14.6. The third-order valence-electron chi connectivity index (χ3n) is 6.83. The maximum absolute atomic E-state index is 12.7. The molecule has 0 bridgehead atoms. The van der Waals surface area contributed by atoms with E-state index in [2.05, 4.69) is 46.1 Å². The Kier molecular flexibility index (Phi) is 4.99. The summed E-state index contributed by atoms with van der Waals surface area (Å²) in [6.45, 7) is 7.89. The molecule has 2 aliphatic heterocycles. The lowest BCUT2D eigenvalue weighted by Crippen LogP contribution is -2.39. The molecule has 0 saturated carbocycles. The molecule has 30 heavy (non-hydrogen) atoms. The van der Waals surface area contributed by atoms with Gasteiger partial charge in [-0.3, -0.25) is 9.69 Å². The fraction of sp³-hybridized carbons (Fsp3) is 0.400. The molecule has 5 heteroatoms. The van der Waals surface area contributed by atoms with Gasteiger partial charge < -0.3 is 15.2 Å². The number of carbonyl (C=O) groups is 1. The molecule has 5 rings (SSSR count). The summed E-state index contributed by atoms with van der Waals surface area (Å²) < 4.78 is 0. The molecule has 2 aliphatic rings. The lowest BCUT2D eigenvalue weighted by atomic mass is 10.1. The first-order valence-corrected chi connectivity index (χ1v) is 11.1. The van der Waals surface area contributed by atoms with Gasteiger partial charge >= 0.3 is 0 Å². The molecule has 3 heterocycles. The molecule has 2 N–H and O–H groups in total. The van der Waals surface area contributed by atoms with E-state index in [9.17, 15) is 4.79 Å². The number of anilines is 2. The lowest BCUT2D eigenvalue weighted by Gasteiger charge is -2.28. The van der Waals surface area contributed by atoms with Crippen LogP contribution in [0.3, 0.4) is 0 Å². The third kappa shape index (κ3) is 3.58. The number of likely N-dealkylation sites (tertiary alicyclic amines) is 1. The van der Waals surface area contributed by atoms with Gasteiger partial charge in [0.15, 0.2) is 0 Å². The van der Waals surface area contributed by atoms with Crippen molar-refractivity contribution in [3.63, 3.8) is 0 Å². The van der Waals surface area contributed by atoms with E-state index in [1.54, 1.807) is 0 Å². The molecule has 3 aromatic rings. The van der Waals surface area contributed by atoms with Gasteiger partial charge in [0, 0.05) is 47.5 Å². The zero-order valence-corrected chi connectivity index (χ0v) is 17.8. The molecule has 2 unspecified atom stereocenters. The van der Waals surface area contributed by atoms with Crippen LogP contribution in [0.1, 0.15) is 42.2 Å². The SMILES string of the molecule is Cc1cc(N2CCC(N3CCCC3C)C2)ccc1NC(=O)c1cc2ccccc2[nH]1. The average Bonchev–Trinajstić information content (AvgIpc) is 3.47. The quantitative estimate of drug-likeness (QED) is 0.660. The number of H-pyrrole nitrogens is 1. The number of nitrogens with one attached hydrogen (secondary N) is 2. The smallest absolute Gasteiger partial charge is 0.272 e. The van der Waals surface area contributed by atoms with Crippen molar-refractivity contribution < 1.29 is 4.79 Å². The number of aryl methyl sites for hydroxylation is 1. The first kappa shape index (κ1) is 19.2. The summed E-state index contributed by atoms with van der Waals surface area (Å²) in [7, 11) is 0. The number of carbonyl (C=O) groups excluding carboxylic acids is 1. The van der Waals surface area contributed by atoms with Crippen molar-refractivity contribution in [1.82, 2.24) is 9.88 Å². The Morgan fingerprint density at radius 3 is 2.73 bits per heavy atom. The highest BCUT2D eigenvalue weighted by molar-refractivity contribution is 6.06. The number of hydrogen-bond acceptors (Lipinski definition) is 3. The van der Waals surface area contributed by atoms with Crippen molar-refractivity contribution in [2.75, 3.05) is 29.9 Å². The van der Waals surface area contributed by atoms with Crippen LogP contribution in [0.4, 0.5) is 11.4 Å². The largest absolute Gasteiger partial charge is 0.370 e. The van der Waals surface area contributed by atoms with Crippen molar-refractivity contribution in [3.8, 4) is 0 Å². The van der Waals surface area contributed by atoms with Crippen LogP contribution in [-0.2, 0) is 0 Å². The van der Waals surface area contributed by atoms with Gasteiger partial charge in [-0.15, -0.1) is 0 Å². The molecule has 2 atom stereocenters. The van der Waals surface area contributed by atoms with Gasteiger partial charge in [0.05, 0.1) is 0 Å². The molecule has 156 valence electrons. The number of aromatic amines is 1. The fourth-order valence-corrected chi connectivity index (χ4v) is 5.12. The number of aromatic nitrogens is 1. The van der Waals surface area contributed by atoms with E-state index in [0.29, 0.717) is 11.7 Å². The van der Waals surface area contributed by atoms with E-state index >= 15 is 0 Å². The summed E-state index contributed by atoms with van der Waals surface area (Å²) in [6.07, 6.45) is 3.91. The van der Waals surface area contributed by atoms with Crippen LogP contribution in [0.15, 0.2) is 48.5 Å². The zero-order chi connectivity index (χ0) is 20.7. The summed E-state index contributed by atoms with van der Waals surface area (Å²) in [5.74, 6) is -0.105. The van der Waals surface area contributed by atoms with E-state index in [1.165, 1.54) is 31.5 Å². The van der Waals surface area contributed by atoms with E-state index in [-0.39, 0.29) is 5.91 Å². The van der Waals surface area contributed by atoms with Gasteiger partial charge in [-0.25, -0.2) is 0 Å². The second-order valence-corrected chi connectivity index (χ2v) is 8.84. The monoisotopic (exact) mass is 402 g/mol. The van der Waals surface area contributed by atoms with Crippen molar-refractivity contribution in [2.45, 2.75) is 45.2 Å². The molecule has 1 amide bonds. The zero-order valence-electron chi connectivity index (χ0n) is 17.8. The Bertz CT molecular complexity index is 1040. The van der Waals surface area contributed by atoms with Gasteiger partial charge in [-0.1, -0.05) is 18.2 Å². The van der Waals surface area contributed by atoms with Crippen LogP contribution in [0.2, 0.25) is 0 Å². The van der Waals surface area contributed by atoms with Crippen LogP contribution in [0.25, 0.3) is 10.9 Å². The Balaban J connectivity index is 1.27. The topological polar surface area (TPSA) is 51.4 Å². The van der Waals surface area contributed by atoms with Gasteiger partial charge in [-0.05, 0) is 75.5 Å². The number of nitrogens with zero attached hydrogens (tertiary/aromatic N) is 2. The average molecular weight is 403 g/mol. The van der Waals surface area contributed by atoms with E-state index in [0.717, 1.165) is 41.3 Å². The van der Waals surface area contributed by atoms with E-state index in [4.69, 9.17) is 0 Å². The molecule has 2 saturated heterocycles. The Hall–Kier alpha value is -2.79. The van der Waals surface area contributed by atoms with Gasteiger partial charge in [0.2, 0.25) is 0 Å². The van der Waals surface area contributed by atoms with Crippen molar-refractivity contribution in [1.29, 1.82) is 0 Å². The van der Waals surface area contributed by atoms with Gasteiger partial charge in [0.1, 0.15) is 5.69 Å². The summed E-state index contributed by atoms with van der Waals surface area (Å²) in [6, 6.07) is 17.6. The highest BCUT2D eigenvalue weighted by atomic mass is 16.1. The van der Waals surface area contributed by atoms with Gasteiger partial charge in [0.25, 0.3) is 5.91 Å². The number of benzene rings is 2. The lowest BCUT2D eigenvalue weighted by molar-refractivity contribution is 0.102. The summed E-state index contributed by atoms with van der Waals surface area (Å²) in [4.78, 5) is 21.1. The number of rotatable bonds is 4. The highest BCUT2D eigenvalue weighted by Crippen LogP contribution is 2.30. The number of hydrogen-bond donors (Lipinski definition) is 2. The number of amides is 1. The second kappa shape index (κ2) is 7.80. The fourth-order valence-electron chi connectivity index (χ4n) is 5.12. The molecule has 2 fully saturated rings. The molecule has 2 aromatic carbocycles. The van der Waals surface area contributed by atoms with Gasteiger partial charge in [-0.2, -0.15) is 0 Å². The predicted octanol–water partition coefficient (Wildman–Crippen LogP) is 4.79. The Labute approximate surface area is 178 Å². The number of para-hydroxylation sites is 1. The molecule has 0 spiro atoms. The van der Waals surface area contributed by atoms with Crippen LogP contribution >= 0.6 is 0 Å². The summed E-state index contributed by atoms with van der Waals surface area (Å²) in [5, 5.41) is 4.11. The Morgan fingerprint density at radius 1 is 1.10 bits per heavy atom. The van der Waals surface area contributed by atoms with Crippen LogP contribution in [-0.4, -0.2) is 47.5 Å². The molecule has 0 aliphatic carbocycles. The maximum Gasteiger partial charge on any atom is 0.272 e. The minimum absolute atomic E-state index is 0.105. The minimum Gasteiger partial charge on any atom is -0.370 e. The predicted molar refractivity (Wildman–Crippen MR) is 123 cm³/mol. The molecular weight excluding hydrogens is 372 g/mol. The van der Waals surface area contributed by atoms with Crippen molar-refractivity contribution >= 4 is 28.2 Å². The van der Waals surface area contributed by atoms with E-state index in [1.807, 2.05) is 36.4 Å². The van der Waals surface area contributed by atoms with Crippen LogP contribution < -0.4 is 10.2 Å². The minimum atomic E-state index is -0.105. The number of fused-ring (bicyclic) bond motifs is 1. The highest BCUT2D eigenvalue weighted by Gasteiger charge is 2.33. The van der Waals surface area contributed by atoms with E-state index < -0.39 is 0 Å². The maximum atomic E-state index is 12.7. The molecule has 5 nitrogen and oxygen atoms in total. The van der Waals surface area contributed by atoms with Crippen molar-refractivity contribution in [3.05, 3.63) is 59.8 Å². The normalized spacial score (nSPS) is 22.1. The Morgan fingerprint density at radius 2 is 1.97 bits per heavy atom. The molecule has 0 radical (unpaired) electrons. The van der Waals surface area contributed by atoms with Crippen LogP contribution in [0, 0.1) is 6.92 Å². The third-order valence-corrected chi connectivity index (χ3v) is 6.83. The standard InChI is InChI=1S/C25H30N4O/c1-17-14-20(28-13-11-21(16-28)29-12-5-6-18(29)2)9-10-22(17)27-25(30)24-15-19-7-3-4-8-23(19)26-24/h3-4,7-10,14-15,18,21,26H,5-6,11-13,16H2,1-2H3,(H,27,30). The second-order valence-electron chi connectivity index (χ2n) is 8.84. The van der Waals surface area contributed by atoms with Crippen molar-refractivity contribution in [2.24, 2.45) is 0 Å². The summed E-state index contributed by atoms with van der Waals surface area (Å²) >= 11 is 0. The van der Waals surface area contributed by atoms with Crippen LogP contribution in [0.5, 0.6) is 0 Å². The first-order valence-electron chi connectivity index (χ1n) is 11.1. The molecular formula is C25H30N4O.